The van der Waals surface area contributed by atoms with Crippen LogP contribution in [0.3, 0.4) is 0 Å². The number of hydrogen-bond acceptors (Lipinski definition) is 5. The third-order valence-corrected chi connectivity index (χ3v) is 3.09. The minimum Gasteiger partial charge on any atom is -0.497 e. The fraction of sp³-hybridized carbons (Fsp3) is 0.571. The largest absolute Gasteiger partial charge is 0.497 e. The third kappa shape index (κ3) is 3.83. The van der Waals surface area contributed by atoms with Crippen LogP contribution in [-0.4, -0.2) is 39.6 Å². The summed E-state index contributed by atoms with van der Waals surface area (Å²) in [6, 6.07) is 5.34. The Balaban J connectivity index is 3.18. The summed E-state index contributed by atoms with van der Waals surface area (Å²) in [4.78, 5) is 0. The highest BCUT2D eigenvalue weighted by Gasteiger charge is 2.32. The quantitative estimate of drug-likeness (QED) is 0.743. The fourth-order valence-corrected chi connectivity index (χ4v) is 2.10. The van der Waals surface area contributed by atoms with Crippen molar-refractivity contribution in [3.05, 3.63) is 23.8 Å². The topological polar surface area (TPSA) is 73.9 Å². The van der Waals surface area contributed by atoms with Crippen LogP contribution in [0.15, 0.2) is 18.2 Å². The summed E-state index contributed by atoms with van der Waals surface area (Å²) >= 11 is 0. The van der Waals surface area contributed by atoms with Crippen LogP contribution in [0.25, 0.3) is 0 Å². The van der Waals surface area contributed by atoms with Gasteiger partial charge in [-0.05, 0) is 37.6 Å². The van der Waals surface area contributed by atoms with Crippen LogP contribution >= 0.6 is 0 Å². The van der Waals surface area contributed by atoms with Gasteiger partial charge in [-0.25, -0.2) is 0 Å². The van der Waals surface area contributed by atoms with Gasteiger partial charge in [0.15, 0.2) is 0 Å². The Kier molecular flexibility index (Phi) is 6.08. The molecule has 0 aliphatic rings. The van der Waals surface area contributed by atoms with Crippen LogP contribution in [0.2, 0.25) is 0 Å². The van der Waals surface area contributed by atoms with Gasteiger partial charge >= 0.3 is 0 Å². The molecule has 3 N–H and O–H groups in total. The minimum absolute atomic E-state index is 0.177. The Morgan fingerprint density at radius 2 is 1.95 bits per heavy atom. The first-order valence-corrected chi connectivity index (χ1v) is 6.25. The smallest absolute Gasteiger partial charge is 0.125 e. The van der Waals surface area contributed by atoms with Gasteiger partial charge in [-0.15, -0.1) is 0 Å². The van der Waals surface area contributed by atoms with Crippen molar-refractivity contribution in [1.82, 2.24) is 0 Å². The molecule has 0 aliphatic heterocycles. The second-order valence-corrected chi connectivity index (χ2v) is 4.42. The summed E-state index contributed by atoms with van der Waals surface area (Å²) in [5.74, 6) is 1.27. The summed E-state index contributed by atoms with van der Waals surface area (Å²) < 4.78 is 15.7. The Morgan fingerprint density at radius 1 is 1.21 bits per heavy atom. The maximum absolute atomic E-state index is 10.8. The lowest BCUT2D eigenvalue weighted by molar-refractivity contribution is -0.0444. The second kappa shape index (κ2) is 7.33. The zero-order valence-corrected chi connectivity index (χ0v) is 11.8. The molecule has 19 heavy (non-hydrogen) atoms. The molecule has 1 rings (SSSR count). The average molecular weight is 269 g/mol. The van der Waals surface area contributed by atoms with E-state index in [-0.39, 0.29) is 6.61 Å². The van der Waals surface area contributed by atoms with E-state index in [0.717, 1.165) is 0 Å². The van der Waals surface area contributed by atoms with Crippen molar-refractivity contribution in [3.8, 4) is 11.5 Å². The Bertz CT molecular complexity index is 397. The van der Waals surface area contributed by atoms with Gasteiger partial charge in [-0.3, -0.25) is 0 Å². The molecule has 0 spiro atoms. The van der Waals surface area contributed by atoms with Gasteiger partial charge in [0.1, 0.15) is 17.1 Å². The Labute approximate surface area is 114 Å². The highest BCUT2D eigenvalue weighted by atomic mass is 16.5. The van der Waals surface area contributed by atoms with E-state index >= 15 is 0 Å². The van der Waals surface area contributed by atoms with Crippen LogP contribution in [0.1, 0.15) is 18.4 Å². The number of hydrogen-bond donors (Lipinski definition) is 2. The second-order valence-electron chi connectivity index (χ2n) is 4.42. The van der Waals surface area contributed by atoms with Crippen LogP contribution in [0, 0.1) is 0 Å². The predicted octanol–water partition coefficient (Wildman–Crippen LogP) is 1.28. The molecule has 5 nitrogen and oxygen atoms in total. The van der Waals surface area contributed by atoms with Crippen molar-refractivity contribution >= 4 is 0 Å². The maximum atomic E-state index is 10.8. The lowest BCUT2D eigenvalue weighted by Crippen LogP contribution is -2.32. The fourth-order valence-electron chi connectivity index (χ4n) is 2.10. The average Bonchev–Trinajstić information content (AvgIpc) is 2.44. The summed E-state index contributed by atoms with van der Waals surface area (Å²) in [7, 11) is 4.71. The zero-order valence-electron chi connectivity index (χ0n) is 11.8. The van der Waals surface area contributed by atoms with Crippen molar-refractivity contribution in [2.45, 2.75) is 18.4 Å². The molecule has 0 aliphatic carbocycles. The van der Waals surface area contributed by atoms with Gasteiger partial charge in [0.2, 0.25) is 0 Å². The van der Waals surface area contributed by atoms with Gasteiger partial charge in [0.05, 0.1) is 20.8 Å². The van der Waals surface area contributed by atoms with E-state index < -0.39 is 5.60 Å². The Hall–Kier alpha value is -1.30. The van der Waals surface area contributed by atoms with Gasteiger partial charge < -0.3 is 25.1 Å². The summed E-state index contributed by atoms with van der Waals surface area (Å²) in [5, 5.41) is 10.8. The molecule has 0 aromatic heterocycles. The third-order valence-electron chi connectivity index (χ3n) is 3.09. The van der Waals surface area contributed by atoms with E-state index in [1.807, 2.05) is 0 Å². The van der Waals surface area contributed by atoms with Crippen LogP contribution < -0.4 is 15.2 Å². The van der Waals surface area contributed by atoms with Crippen LogP contribution in [-0.2, 0) is 10.3 Å². The maximum Gasteiger partial charge on any atom is 0.125 e. The molecular weight excluding hydrogens is 246 g/mol. The number of methoxy groups -OCH3 is 3. The number of benzene rings is 1. The Morgan fingerprint density at radius 3 is 2.47 bits per heavy atom. The van der Waals surface area contributed by atoms with Crippen LogP contribution in [0.4, 0.5) is 0 Å². The summed E-state index contributed by atoms with van der Waals surface area (Å²) in [5.41, 5.74) is 5.05. The first-order valence-electron chi connectivity index (χ1n) is 6.25. The zero-order chi connectivity index (χ0) is 14.3. The summed E-state index contributed by atoms with van der Waals surface area (Å²) in [6.45, 7) is 0.689. The highest BCUT2D eigenvalue weighted by Crippen LogP contribution is 2.36. The molecule has 1 atom stereocenters. The summed E-state index contributed by atoms with van der Waals surface area (Å²) in [6.07, 6.45) is 1.20. The molecule has 1 unspecified atom stereocenters. The molecule has 0 radical (unpaired) electrons. The van der Waals surface area contributed by atoms with E-state index in [4.69, 9.17) is 19.9 Å². The van der Waals surface area contributed by atoms with Crippen molar-refractivity contribution < 1.29 is 19.3 Å². The van der Waals surface area contributed by atoms with Crippen molar-refractivity contribution in [2.24, 2.45) is 5.73 Å². The lowest BCUT2D eigenvalue weighted by Gasteiger charge is -2.29. The molecule has 0 saturated carbocycles. The number of rotatable bonds is 8. The number of nitrogens with two attached hydrogens (primary N) is 1. The van der Waals surface area contributed by atoms with Crippen molar-refractivity contribution in [1.29, 1.82) is 0 Å². The molecule has 0 amide bonds. The van der Waals surface area contributed by atoms with Crippen LogP contribution in [0.5, 0.6) is 11.5 Å². The first kappa shape index (κ1) is 15.8. The van der Waals surface area contributed by atoms with Gasteiger partial charge in [0.25, 0.3) is 0 Å². The molecule has 108 valence electrons. The van der Waals surface area contributed by atoms with Crippen molar-refractivity contribution in [3.63, 3.8) is 0 Å². The molecular formula is C14H23NO4. The number of ether oxygens (including phenoxy) is 3. The molecule has 0 saturated heterocycles. The minimum atomic E-state index is -1.13. The van der Waals surface area contributed by atoms with Gasteiger partial charge in [-0.1, -0.05) is 0 Å². The first-order chi connectivity index (χ1) is 9.11. The molecule has 5 heteroatoms. The highest BCUT2D eigenvalue weighted by molar-refractivity contribution is 5.44. The SMILES string of the molecule is COCC(O)(CCCN)c1cc(OC)ccc1OC. The van der Waals surface area contributed by atoms with E-state index in [1.54, 1.807) is 39.5 Å². The van der Waals surface area contributed by atoms with E-state index in [0.29, 0.717) is 36.4 Å². The normalized spacial score (nSPS) is 13.9. The van der Waals surface area contributed by atoms with Crippen molar-refractivity contribution in [2.75, 3.05) is 34.5 Å². The molecule has 1 aromatic rings. The standard InChI is InChI=1S/C14H23NO4/c1-17-10-14(16,7-4-8-15)12-9-11(18-2)5-6-13(12)19-3/h5-6,9,16H,4,7-8,10,15H2,1-3H3. The molecule has 0 heterocycles. The predicted molar refractivity (Wildman–Crippen MR) is 73.6 cm³/mol. The van der Waals surface area contributed by atoms with Gasteiger partial charge in [-0.2, -0.15) is 0 Å². The number of aliphatic hydroxyl groups is 1. The van der Waals surface area contributed by atoms with E-state index in [1.165, 1.54) is 0 Å². The van der Waals surface area contributed by atoms with E-state index in [2.05, 4.69) is 0 Å². The molecule has 0 bridgehead atoms. The molecule has 0 fully saturated rings. The van der Waals surface area contributed by atoms with Gasteiger partial charge in [0, 0.05) is 12.7 Å². The molecule has 1 aromatic carbocycles. The monoisotopic (exact) mass is 269 g/mol. The van der Waals surface area contributed by atoms with E-state index in [9.17, 15) is 5.11 Å². The lowest BCUT2D eigenvalue weighted by atomic mass is 9.88.